The SMILES string of the molecule is FC(F)(F)c1ccc2c(c1)N(c1cccc3c1Cc1ccccc1-3)c1ccccc1O2. The Kier molecular flexibility index (Phi) is 3.72. The van der Waals surface area contributed by atoms with E-state index in [1.54, 1.807) is 0 Å². The fraction of sp³-hybridized carbons (Fsp3) is 0.0769. The molecule has 0 fully saturated rings. The fourth-order valence-electron chi connectivity index (χ4n) is 4.54. The summed E-state index contributed by atoms with van der Waals surface area (Å²) >= 11 is 0. The summed E-state index contributed by atoms with van der Waals surface area (Å²) in [5.41, 5.74) is 5.88. The summed E-state index contributed by atoms with van der Waals surface area (Å²) in [7, 11) is 0. The van der Waals surface area contributed by atoms with Crippen LogP contribution in [-0.4, -0.2) is 0 Å². The van der Waals surface area contributed by atoms with E-state index in [0.717, 1.165) is 35.0 Å². The van der Waals surface area contributed by atoms with Crippen molar-refractivity contribution < 1.29 is 17.9 Å². The molecule has 1 aliphatic carbocycles. The van der Waals surface area contributed by atoms with Crippen LogP contribution in [0.4, 0.5) is 30.2 Å². The highest BCUT2D eigenvalue weighted by atomic mass is 19.4. The molecular formula is C26H16F3NO. The first kappa shape index (κ1) is 18.1. The van der Waals surface area contributed by atoms with Crippen LogP contribution in [0.3, 0.4) is 0 Å². The number of nitrogens with zero attached hydrogens (tertiary/aromatic N) is 1. The number of anilines is 3. The van der Waals surface area contributed by atoms with Gasteiger partial charge in [-0.05, 0) is 58.7 Å². The van der Waals surface area contributed by atoms with Crippen molar-refractivity contribution in [3.8, 4) is 22.6 Å². The predicted octanol–water partition coefficient (Wildman–Crippen LogP) is 7.85. The van der Waals surface area contributed by atoms with Gasteiger partial charge in [-0.2, -0.15) is 13.2 Å². The molecule has 0 unspecified atom stereocenters. The van der Waals surface area contributed by atoms with Crippen molar-refractivity contribution in [2.75, 3.05) is 4.90 Å². The molecule has 2 aliphatic rings. The van der Waals surface area contributed by atoms with Gasteiger partial charge >= 0.3 is 6.18 Å². The Balaban J connectivity index is 1.60. The summed E-state index contributed by atoms with van der Waals surface area (Å²) in [6, 6.07) is 25.3. The third-order valence-electron chi connectivity index (χ3n) is 5.92. The van der Waals surface area contributed by atoms with E-state index in [-0.39, 0.29) is 0 Å². The maximum atomic E-state index is 13.5. The molecule has 5 heteroatoms. The second kappa shape index (κ2) is 6.38. The maximum absolute atomic E-state index is 13.5. The van der Waals surface area contributed by atoms with E-state index in [2.05, 4.69) is 18.2 Å². The number of benzene rings is 4. The number of hydrogen-bond acceptors (Lipinski definition) is 2. The van der Waals surface area contributed by atoms with Gasteiger partial charge in [-0.1, -0.05) is 48.5 Å². The second-order valence-electron chi connectivity index (χ2n) is 7.72. The molecule has 2 nitrogen and oxygen atoms in total. The van der Waals surface area contributed by atoms with Gasteiger partial charge in [0.25, 0.3) is 0 Å². The Morgan fingerprint density at radius 3 is 2.26 bits per heavy atom. The van der Waals surface area contributed by atoms with Crippen molar-refractivity contribution in [2.24, 2.45) is 0 Å². The van der Waals surface area contributed by atoms with Crippen molar-refractivity contribution in [2.45, 2.75) is 12.6 Å². The number of hydrogen-bond donors (Lipinski definition) is 0. The number of fused-ring (bicyclic) bond motifs is 5. The highest BCUT2D eigenvalue weighted by Gasteiger charge is 2.35. The smallest absolute Gasteiger partial charge is 0.416 e. The molecule has 0 saturated carbocycles. The van der Waals surface area contributed by atoms with Gasteiger partial charge in [0.2, 0.25) is 0 Å². The largest absolute Gasteiger partial charge is 0.453 e. The van der Waals surface area contributed by atoms with E-state index in [1.165, 1.54) is 23.3 Å². The minimum atomic E-state index is -4.44. The molecule has 31 heavy (non-hydrogen) atoms. The molecule has 0 atom stereocenters. The van der Waals surface area contributed by atoms with Gasteiger partial charge < -0.3 is 9.64 Å². The van der Waals surface area contributed by atoms with Crippen LogP contribution in [-0.2, 0) is 12.6 Å². The van der Waals surface area contributed by atoms with E-state index < -0.39 is 11.7 Å². The lowest BCUT2D eigenvalue weighted by atomic mass is 10.0. The quantitative estimate of drug-likeness (QED) is 0.271. The van der Waals surface area contributed by atoms with E-state index in [4.69, 9.17) is 4.74 Å². The van der Waals surface area contributed by atoms with Gasteiger partial charge in [-0.25, -0.2) is 0 Å². The number of halogens is 3. The third kappa shape index (κ3) is 2.73. The van der Waals surface area contributed by atoms with Crippen molar-refractivity contribution in [3.05, 3.63) is 102 Å². The Morgan fingerprint density at radius 2 is 1.39 bits per heavy atom. The molecule has 1 heterocycles. The van der Waals surface area contributed by atoms with E-state index >= 15 is 0 Å². The third-order valence-corrected chi connectivity index (χ3v) is 5.92. The van der Waals surface area contributed by atoms with Crippen LogP contribution in [0.1, 0.15) is 16.7 Å². The maximum Gasteiger partial charge on any atom is 0.416 e. The summed E-state index contributed by atoms with van der Waals surface area (Å²) in [6.45, 7) is 0. The molecule has 0 bridgehead atoms. The van der Waals surface area contributed by atoms with Gasteiger partial charge in [0.05, 0.1) is 22.6 Å². The summed E-state index contributed by atoms with van der Waals surface area (Å²) < 4.78 is 46.5. The Bertz CT molecular complexity index is 1340. The van der Waals surface area contributed by atoms with Crippen LogP contribution >= 0.6 is 0 Å². The summed E-state index contributed by atoms with van der Waals surface area (Å²) in [6.07, 6.45) is -3.71. The lowest BCUT2D eigenvalue weighted by Crippen LogP contribution is -2.18. The highest BCUT2D eigenvalue weighted by molar-refractivity contribution is 5.92. The average Bonchev–Trinajstić information content (AvgIpc) is 3.15. The lowest BCUT2D eigenvalue weighted by molar-refractivity contribution is -0.137. The molecule has 0 amide bonds. The van der Waals surface area contributed by atoms with Crippen LogP contribution in [0.5, 0.6) is 11.5 Å². The molecule has 0 radical (unpaired) electrons. The number of ether oxygens (including phenoxy) is 1. The van der Waals surface area contributed by atoms with E-state index in [1.807, 2.05) is 53.4 Å². The molecule has 6 rings (SSSR count). The van der Waals surface area contributed by atoms with Gasteiger partial charge in [0.1, 0.15) is 0 Å². The first-order valence-corrected chi connectivity index (χ1v) is 9.99. The van der Waals surface area contributed by atoms with Crippen molar-refractivity contribution in [3.63, 3.8) is 0 Å². The van der Waals surface area contributed by atoms with E-state index in [9.17, 15) is 13.2 Å². The summed E-state index contributed by atoms with van der Waals surface area (Å²) in [4.78, 5) is 1.90. The van der Waals surface area contributed by atoms with Gasteiger partial charge in [0, 0.05) is 6.42 Å². The molecule has 152 valence electrons. The van der Waals surface area contributed by atoms with Crippen LogP contribution in [0.25, 0.3) is 11.1 Å². The molecule has 0 spiro atoms. The standard InChI is InChI=1S/C26H16F3NO/c27-26(28,29)17-12-13-25-23(15-17)30(22-9-3-4-11-24(22)31-25)21-10-5-8-19-18-7-2-1-6-16(18)14-20(19)21/h1-13,15H,14H2. The highest BCUT2D eigenvalue weighted by Crippen LogP contribution is 2.54. The average molecular weight is 415 g/mol. The predicted molar refractivity (Wildman–Crippen MR) is 114 cm³/mol. The topological polar surface area (TPSA) is 12.5 Å². The van der Waals surface area contributed by atoms with Crippen molar-refractivity contribution >= 4 is 17.1 Å². The Hall–Kier alpha value is -3.73. The molecule has 4 aromatic carbocycles. The number of rotatable bonds is 1. The normalized spacial score (nSPS) is 13.7. The van der Waals surface area contributed by atoms with Crippen LogP contribution in [0.2, 0.25) is 0 Å². The molecule has 0 N–H and O–H groups in total. The number of para-hydroxylation sites is 2. The fourth-order valence-corrected chi connectivity index (χ4v) is 4.54. The lowest BCUT2D eigenvalue weighted by Gasteiger charge is -2.34. The zero-order valence-electron chi connectivity index (χ0n) is 16.3. The molecule has 1 aliphatic heterocycles. The minimum absolute atomic E-state index is 0.387. The zero-order valence-corrected chi connectivity index (χ0v) is 16.3. The second-order valence-corrected chi connectivity index (χ2v) is 7.72. The molecule has 4 aromatic rings. The van der Waals surface area contributed by atoms with E-state index in [0.29, 0.717) is 17.2 Å². The summed E-state index contributed by atoms with van der Waals surface area (Å²) in [5, 5.41) is 0. The Labute approximate surface area is 177 Å². The molecule has 0 aromatic heterocycles. The van der Waals surface area contributed by atoms with Crippen molar-refractivity contribution in [1.82, 2.24) is 0 Å². The van der Waals surface area contributed by atoms with Crippen LogP contribution in [0.15, 0.2) is 84.9 Å². The van der Waals surface area contributed by atoms with Gasteiger partial charge in [-0.3, -0.25) is 0 Å². The van der Waals surface area contributed by atoms with Gasteiger partial charge in [-0.15, -0.1) is 0 Å². The zero-order chi connectivity index (χ0) is 21.2. The number of alkyl halides is 3. The molecule has 0 saturated heterocycles. The van der Waals surface area contributed by atoms with Crippen LogP contribution < -0.4 is 9.64 Å². The molecular weight excluding hydrogens is 399 g/mol. The first-order chi connectivity index (χ1) is 15.0. The Morgan fingerprint density at radius 1 is 0.677 bits per heavy atom. The monoisotopic (exact) mass is 415 g/mol. The van der Waals surface area contributed by atoms with Crippen LogP contribution in [0, 0.1) is 0 Å². The van der Waals surface area contributed by atoms with Gasteiger partial charge in [0.15, 0.2) is 11.5 Å². The minimum Gasteiger partial charge on any atom is -0.453 e. The van der Waals surface area contributed by atoms with Crippen molar-refractivity contribution in [1.29, 1.82) is 0 Å². The summed E-state index contributed by atoms with van der Waals surface area (Å²) in [5.74, 6) is 1.02. The first-order valence-electron chi connectivity index (χ1n) is 9.99.